The summed E-state index contributed by atoms with van der Waals surface area (Å²) in [6.45, 7) is 0.520. The standard InChI is InChI=1S/C28H25FN4O5S/c1-2-27(33(35)36)20-8-11-22(12-9-20)39(37)31-18-26-23(24-16-21(29)10-13-25(24)32-26)14-15-38-28(34)30-17-19-6-4-3-5-7-19/h1,3-13,16,27,31-32H,14-15,17-18H2,(H,30,34). The molecule has 0 fully saturated rings. The molecule has 2 unspecified atom stereocenters. The summed E-state index contributed by atoms with van der Waals surface area (Å²) in [7, 11) is -1.65. The molecule has 0 radical (unpaired) electrons. The molecule has 9 nitrogen and oxygen atoms in total. The van der Waals surface area contributed by atoms with Gasteiger partial charge in [0.15, 0.2) is 0 Å². The number of hydrogen-bond donors (Lipinski definition) is 3. The van der Waals surface area contributed by atoms with Crippen LogP contribution in [0, 0.1) is 28.3 Å². The van der Waals surface area contributed by atoms with E-state index in [0.29, 0.717) is 40.0 Å². The lowest BCUT2D eigenvalue weighted by molar-refractivity contribution is -0.512. The maximum absolute atomic E-state index is 14.0. The van der Waals surface area contributed by atoms with Crippen LogP contribution in [0.4, 0.5) is 9.18 Å². The summed E-state index contributed by atoms with van der Waals surface area (Å²) in [4.78, 5) is 26.3. The third-order valence-corrected chi connectivity index (χ3v) is 7.09. The zero-order valence-electron chi connectivity index (χ0n) is 20.7. The van der Waals surface area contributed by atoms with Gasteiger partial charge in [-0.3, -0.25) is 10.1 Å². The van der Waals surface area contributed by atoms with E-state index in [1.807, 2.05) is 30.3 Å². The van der Waals surface area contributed by atoms with E-state index in [1.54, 1.807) is 6.07 Å². The topological polar surface area (TPSA) is 126 Å². The highest BCUT2D eigenvalue weighted by Gasteiger charge is 2.20. The first-order chi connectivity index (χ1) is 18.9. The van der Waals surface area contributed by atoms with Crippen LogP contribution in [0.5, 0.6) is 0 Å². The Labute approximate surface area is 226 Å². The van der Waals surface area contributed by atoms with Crippen LogP contribution in [0.3, 0.4) is 0 Å². The van der Waals surface area contributed by atoms with Gasteiger partial charge in [-0.2, -0.15) is 0 Å². The quantitative estimate of drug-likeness (QED) is 0.144. The van der Waals surface area contributed by atoms with Crippen LogP contribution in [0.25, 0.3) is 10.9 Å². The van der Waals surface area contributed by atoms with Crippen LogP contribution in [0.1, 0.15) is 28.4 Å². The number of carbonyl (C=O) groups is 1. The van der Waals surface area contributed by atoms with E-state index in [0.717, 1.165) is 11.1 Å². The van der Waals surface area contributed by atoms with E-state index in [-0.39, 0.29) is 13.2 Å². The Hall–Kier alpha value is -4.53. The number of amides is 1. The fraction of sp³-hybridized carbons (Fsp3) is 0.179. The van der Waals surface area contributed by atoms with Gasteiger partial charge in [0.1, 0.15) is 16.8 Å². The van der Waals surface area contributed by atoms with Gasteiger partial charge >= 0.3 is 6.09 Å². The maximum Gasteiger partial charge on any atom is 0.407 e. The van der Waals surface area contributed by atoms with Crippen LogP contribution in [0.15, 0.2) is 77.7 Å². The number of halogens is 1. The van der Waals surface area contributed by atoms with Crippen molar-refractivity contribution < 1.29 is 23.1 Å². The number of nitrogens with zero attached hydrogens (tertiary/aromatic N) is 1. The molecule has 0 saturated heterocycles. The van der Waals surface area contributed by atoms with Crippen molar-refractivity contribution in [2.45, 2.75) is 30.4 Å². The Bertz CT molecular complexity index is 1530. The number of alkyl carbamates (subject to hydrolysis) is 1. The molecule has 1 heterocycles. The number of aromatic amines is 1. The molecule has 4 rings (SSSR count). The van der Waals surface area contributed by atoms with E-state index < -0.39 is 33.9 Å². The minimum atomic E-state index is -1.65. The Morgan fingerprint density at radius 1 is 1.13 bits per heavy atom. The summed E-state index contributed by atoms with van der Waals surface area (Å²) < 4.78 is 35.1. The van der Waals surface area contributed by atoms with E-state index in [2.05, 4.69) is 20.9 Å². The van der Waals surface area contributed by atoms with Crippen molar-refractivity contribution in [1.29, 1.82) is 0 Å². The van der Waals surface area contributed by atoms with Gasteiger partial charge in [0.2, 0.25) is 0 Å². The summed E-state index contributed by atoms with van der Waals surface area (Å²) in [5, 5.41) is 14.4. The number of carbonyl (C=O) groups excluding carboxylic acids is 1. The largest absolute Gasteiger partial charge is 0.449 e. The molecule has 0 aliphatic rings. The smallest absolute Gasteiger partial charge is 0.407 e. The monoisotopic (exact) mass is 548 g/mol. The Balaban J connectivity index is 1.40. The van der Waals surface area contributed by atoms with Gasteiger partial charge in [0.05, 0.1) is 11.5 Å². The van der Waals surface area contributed by atoms with E-state index in [9.17, 15) is 23.5 Å². The van der Waals surface area contributed by atoms with Gasteiger partial charge in [0, 0.05) is 46.6 Å². The second-order valence-corrected chi connectivity index (χ2v) is 9.81. The number of terminal acetylenes is 1. The van der Waals surface area contributed by atoms with Crippen molar-refractivity contribution in [1.82, 2.24) is 15.0 Å². The fourth-order valence-electron chi connectivity index (χ4n) is 4.05. The minimum absolute atomic E-state index is 0.0500. The normalized spacial score (nSPS) is 12.4. The molecule has 3 aromatic carbocycles. The summed E-state index contributed by atoms with van der Waals surface area (Å²) in [6, 6.07) is 18.4. The Morgan fingerprint density at radius 3 is 2.56 bits per heavy atom. The third kappa shape index (κ3) is 7.07. The molecule has 0 bridgehead atoms. The zero-order chi connectivity index (χ0) is 27.8. The summed E-state index contributed by atoms with van der Waals surface area (Å²) in [6.07, 6.45) is 4.97. The third-order valence-electron chi connectivity index (χ3n) is 5.98. The number of ether oxygens (including phenoxy) is 1. The number of nitrogens with one attached hydrogen (secondary N) is 3. The van der Waals surface area contributed by atoms with Crippen molar-refractivity contribution in [2.24, 2.45) is 0 Å². The average Bonchev–Trinajstić information content (AvgIpc) is 3.28. The van der Waals surface area contributed by atoms with Crippen molar-refractivity contribution in [3.63, 3.8) is 0 Å². The molecule has 0 aliphatic carbocycles. The lowest BCUT2D eigenvalue weighted by atomic mass is 10.1. The van der Waals surface area contributed by atoms with Gasteiger partial charge in [-0.15, -0.1) is 6.42 Å². The van der Waals surface area contributed by atoms with Crippen molar-refractivity contribution in [2.75, 3.05) is 6.61 Å². The summed E-state index contributed by atoms with van der Waals surface area (Å²) in [5.41, 5.74) is 3.33. The number of fused-ring (bicyclic) bond motifs is 1. The number of nitro groups is 1. The SMILES string of the molecule is C#CC(c1ccc(S(=O)NCc2[nH]c3ccc(F)cc3c2CCOC(=O)NCc2ccccc2)cc1)[N+](=O)[O-]. The number of rotatable bonds is 11. The molecule has 0 aliphatic heterocycles. The lowest BCUT2D eigenvalue weighted by Crippen LogP contribution is -2.24. The highest BCUT2D eigenvalue weighted by Crippen LogP contribution is 2.25. The summed E-state index contributed by atoms with van der Waals surface area (Å²) in [5.74, 6) is 1.71. The zero-order valence-corrected chi connectivity index (χ0v) is 21.5. The second kappa shape index (κ2) is 12.8. The van der Waals surface area contributed by atoms with Crippen molar-refractivity contribution >= 4 is 28.0 Å². The van der Waals surface area contributed by atoms with Crippen LogP contribution < -0.4 is 10.0 Å². The van der Waals surface area contributed by atoms with Gasteiger partial charge in [0.25, 0.3) is 6.04 Å². The van der Waals surface area contributed by atoms with Gasteiger partial charge in [-0.1, -0.05) is 30.3 Å². The molecule has 1 aromatic heterocycles. The second-order valence-electron chi connectivity index (χ2n) is 8.51. The molecule has 200 valence electrons. The molecule has 1 amide bonds. The summed E-state index contributed by atoms with van der Waals surface area (Å²) >= 11 is 0. The molecular formula is C28H25FN4O5S. The van der Waals surface area contributed by atoms with E-state index >= 15 is 0 Å². The number of aromatic nitrogens is 1. The molecular weight excluding hydrogens is 523 g/mol. The van der Waals surface area contributed by atoms with Crippen LogP contribution in [-0.2, 0) is 35.2 Å². The molecule has 3 N–H and O–H groups in total. The molecule has 0 spiro atoms. The van der Waals surface area contributed by atoms with E-state index in [4.69, 9.17) is 11.2 Å². The first kappa shape index (κ1) is 27.5. The fourth-order valence-corrected chi connectivity index (χ4v) is 4.88. The Morgan fingerprint density at radius 2 is 1.87 bits per heavy atom. The molecule has 0 saturated carbocycles. The first-order valence-electron chi connectivity index (χ1n) is 11.9. The lowest BCUT2D eigenvalue weighted by Gasteiger charge is -2.10. The molecule has 2 atom stereocenters. The van der Waals surface area contributed by atoms with E-state index in [1.165, 1.54) is 36.4 Å². The van der Waals surface area contributed by atoms with Gasteiger partial charge < -0.3 is 15.0 Å². The van der Waals surface area contributed by atoms with Crippen molar-refractivity contribution in [3.05, 3.63) is 111 Å². The number of H-pyrrole nitrogens is 1. The highest BCUT2D eigenvalue weighted by molar-refractivity contribution is 7.83. The predicted molar refractivity (Wildman–Crippen MR) is 145 cm³/mol. The van der Waals surface area contributed by atoms with Crippen molar-refractivity contribution in [3.8, 4) is 12.3 Å². The maximum atomic E-state index is 14.0. The van der Waals surface area contributed by atoms with Gasteiger partial charge in [-0.25, -0.2) is 18.1 Å². The van der Waals surface area contributed by atoms with Crippen LogP contribution in [0.2, 0.25) is 0 Å². The van der Waals surface area contributed by atoms with Crippen LogP contribution in [-0.4, -0.2) is 26.8 Å². The molecule has 11 heteroatoms. The number of benzene rings is 3. The molecule has 4 aromatic rings. The predicted octanol–water partition coefficient (Wildman–Crippen LogP) is 4.54. The minimum Gasteiger partial charge on any atom is -0.449 e. The molecule has 39 heavy (non-hydrogen) atoms. The first-order valence-corrected chi connectivity index (χ1v) is 13.1. The average molecular weight is 549 g/mol. The van der Waals surface area contributed by atoms with Gasteiger partial charge in [-0.05, 0) is 59.5 Å². The van der Waals surface area contributed by atoms with Crippen LogP contribution >= 0.6 is 0 Å². The Kier molecular flexibility index (Phi) is 9.04. The highest BCUT2D eigenvalue weighted by atomic mass is 32.2. The number of hydrogen-bond acceptors (Lipinski definition) is 5.